The summed E-state index contributed by atoms with van der Waals surface area (Å²) in [5, 5.41) is 7.97. The molecule has 0 radical (unpaired) electrons. The summed E-state index contributed by atoms with van der Waals surface area (Å²) in [7, 11) is 0. The summed E-state index contributed by atoms with van der Waals surface area (Å²) in [5.74, 6) is 4.59. The van der Waals surface area contributed by atoms with E-state index in [0.29, 0.717) is 5.69 Å². The molecule has 0 N–H and O–H groups in total. The SMILES string of the molecule is O=C(C#Cc1ccccc1)OCc1cn(-c2ccccc2)nn1. The zero-order chi connectivity index (χ0) is 15.9. The van der Waals surface area contributed by atoms with Gasteiger partial charge in [-0.05, 0) is 24.3 Å². The molecule has 0 amide bonds. The molecular formula is C18H13N3O2. The van der Waals surface area contributed by atoms with Crippen molar-refractivity contribution in [1.82, 2.24) is 15.0 Å². The van der Waals surface area contributed by atoms with Gasteiger partial charge in [-0.3, -0.25) is 0 Å². The quantitative estimate of drug-likeness (QED) is 0.550. The van der Waals surface area contributed by atoms with E-state index in [1.54, 1.807) is 10.9 Å². The number of hydrogen-bond donors (Lipinski definition) is 0. The zero-order valence-electron chi connectivity index (χ0n) is 12.2. The molecule has 0 fully saturated rings. The number of hydrogen-bond acceptors (Lipinski definition) is 4. The first-order valence-electron chi connectivity index (χ1n) is 7.02. The van der Waals surface area contributed by atoms with Crippen molar-refractivity contribution in [2.75, 3.05) is 0 Å². The number of nitrogens with zero attached hydrogens (tertiary/aromatic N) is 3. The average molecular weight is 303 g/mol. The number of rotatable bonds is 3. The summed E-state index contributed by atoms with van der Waals surface area (Å²) in [6, 6.07) is 18.8. The van der Waals surface area contributed by atoms with E-state index in [1.807, 2.05) is 60.7 Å². The molecule has 0 bridgehead atoms. The minimum atomic E-state index is -0.594. The zero-order valence-corrected chi connectivity index (χ0v) is 12.2. The van der Waals surface area contributed by atoms with Crippen LogP contribution >= 0.6 is 0 Å². The van der Waals surface area contributed by atoms with Crippen molar-refractivity contribution < 1.29 is 9.53 Å². The van der Waals surface area contributed by atoms with E-state index in [0.717, 1.165) is 11.3 Å². The lowest BCUT2D eigenvalue weighted by atomic mass is 10.2. The Morgan fingerprint density at radius 2 is 1.74 bits per heavy atom. The molecule has 0 atom stereocenters. The van der Waals surface area contributed by atoms with Gasteiger partial charge in [0.15, 0.2) is 0 Å². The molecule has 112 valence electrons. The lowest BCUT2D eigenvalue weighted by Crippen LogP contribution is -2.01. The molecule has 0 aliphatic heterocycles. The van der Waals surface area contributed by atoms with Crippen LogP contribution in [0.2, 0.25) is 0 Å². The Balaban J connectivity index is 1.58. The number of para-hydroxylation sites is 1. The molecule has 0 saturated carbocycles. The van der Waals surface area contributed by atoms with Crippen LogP contribution in [0, 0.1) is 11.8 Å². The van der Waals surface area contributed by atoms with Crippen molar-refractivity contribution in [2.45, 2.75) is 6.61 Å². The van der Waals surface area contributed by atoms with Crippen LogP contribution in [0.15, 0.2) is 66.9 Å². The van der Waals surface area contributed by atoms with E-state index in [9.17, 15) is 4.79 Å². The predicted octanol–water partition coefficient (Wildman–Crippen LogP) is 2.36. The van der Waals surface area contributed by atoms with Gasteiger partial charge in [0.05, 0.1) is 11.9 Å². The Kier molecular flexibility index (Phi) is 4.46. The number of ether oxygens (including phenoxy) is 1. The first-order valence-corrected chi connectivity index (χ1v) is 7.02. The molecule has 2 aromatic carbocycles. The molecule has 0 unspecified atom stereocenters. The van der Waals surface area contributed by atoms with E-state index < -0.39 is 5.97 Å². The van der Waals surface area contributed by atoms with Crippen LogP contribution < -0.4 is 0 Å². The Morgan fingerprint density at radius 1 is 1.04 bits per heavy atom. The standard InChI is InChI=1S/C18H13N3O2/c22-18(12-11-15-7-3-1-4-8-15)23-14-16-13-21(20-19-16)17-9-5-2-6-10-17/h1-10,13H,14H2. The molecule has 0 aliphatic carbocycles. The molecule has 3 rings (SSSR count). The Hall–Kier alpha value is -3.39. The molecule has 23 heavy (non-hydrogen) atoms. The van der Waals surface area contributed by atoms with Gasteiger partial charge in [0.25, 0.3) is 0 Å². The van der Waals surface area contributed by atoms with Gasteiger partial charge in [0.2, 0.25) is 0 Å². The molecule has 0 aliphatic rings. The van der Waals surface area contributed by atoms with Crippen LogP contribution in [0.5, 0.6) is 0 Å². The van der Waals surface area contributed by atoms with Gasteiger partial charge in [-0.15, -0.1) is 5.10 Å². The number of aromatic nitrogens is 3. The van der Waals surface area contributed by atoms with Crippen LogP contribution in [-0.4, -0.2) is 21.0 Å². The molecular weight excluding hydrogens is 290 g/mol. The minimum Gasteiger partial charge on any atom is -0.449 e. The van der Waals surface area contributed by atoms with Crippen molar-refractivity contribution in [3.63, 3.8) is 0 Å². The van der Waals surface area contributed by atoms with Crippen LogP contribution in [0.3, 0.4) is 0 Å². The fourth-order valence-electron chi connectivity index (χ4n) is 1.89. The maximum Gasteiger partial charge on any atom is 0.385 e. The van der Waals surface area contributed by atoms with Gasteiger partial charge < -0.3 is 4.74 Å². The highest BCUT2D eigenvalue weighted by molar-refractivity contribution is 5.89. The van der Waals surface area contributed by atoms with Crippen LogP contribution in [0.1, 0.15) is 11.3 Å². The number of carbonyl (C=O) groups excluding carboxylic acids is 1. The summed E-state index contributed by atoms with van der Waals surface area (Å²) in [6.45, 7) is 0.0368. The van der Waals surface area contributed by atoms with Gasteiger partial charge >= 0.3 is 5.97 Å². The van der Waals surface area contributed by atoms with E-state index in [2.05, 4.69) is 22.2 Å². The normalized spacial score (nSPS) is 9.74. The number of carbonyl (C=O) groups is 1. The first-order chi connectivity index (χ1) is 11.3. The maximum absolute atomic E-state index is 11.6. The van der Waals surface area contributed by atoms with E-state index in [-0.39, 0.29) is 6.61 Å². The predicted molar refractivity (Wildman–Crippen MR) is 84.5 cm³/mol. The smallest absolute Gasteiger partial charge is 0.385 e. The molecule has 0 spiro atoms. The maximum atomic E-state index is 11.6. The highest BCUT2D eigenvalue weighted by atomic mass is 16.5. The summed E-state index contributed by atoms with van der Waals surface area (Å²) in [4.78, 5) is 11.6. The topological polar surface area (TPSA) is 57.0 Å². The van der Waals surface area contributed by atoms with Crippen LogP contribution in [-0.2, 0) is 16.1 Å². The third-order valence-electron chi connectivity index (χ3n) is 3.00. The van der Waals surface area contributed by atoms with E-state index in [1.165, 1.54) is 0 Å². The summed E-state index contributed by atoms with van der Waals surface area (Å²) >= 11 is 0. The third-order valence-corrected chi connectivity index (χ3v) is 3.00. The molecule has 3 aromatic rings. The monoisotopic (exact) mass is 303 g/mol. The van der Waals surface area contributed by atoms with Crippen molar-refractivity contribution in [1.29, 1.82) is 0 Å². The van der Waals surface area contributed by atoms with Crippen molar-refractivity contribution >= 4 is 5.97 Å². The molecule has 1 aromatic heterocycles. The second kappa shape index (κ2) is 7.05. The minimum absolute atomic E-state index is 0.0368. The van der Waals surface area contributed by atoms with Gasteiger partial charge in [0.1, 0.15) is 12.3 Å². The number of benzene rings is 2. The molecule has 1 heterocycles. The van der Waals surface area contributed by atoms with Crippen molar-refractivity contribution in [3.8, 4) is 17.5 Å². The fraction of sp³-hybridized carbons (Fsp3) is 0.0556. The Labute approximate surface area is 133 Å². The fourth-order valence-corrected chi connectivity index (χ4v) is 1.89. The Morgan fingerprint density at radius 3 is 2.48 bits per heavy atom. The average Bonchev–Trinajstić information content (AvgIpc) is 3.09. The largest absolute Gasteiger partial charge is 0.449 e. The first kappa shape index (κ1) is 14.5. The van der Waals surface area contributed by atoms with Crippen molar-refractivity contribution in [3.05, 3.63) is 78.1 Å². The second-order valence-electron chi connectivity index (χ2n) is 4.68. The summed E-state index contributed by atoms with van der Waals surface area (Å²) < 4.78 is 6.69. The highest BCUT2D eigenvalue weighted by Crippen LogP contribution is 2.06. The second-order valence-corrected chi connectivity index (χ2v) is 4.68. The van der Waals surface area contributed by atoms with Gasteiger partial charge in [-0.1, -0.05) is 47.5 Å². The van der Waals surface area contributed by atoms with Crippen LogP contribution in [0.25, 0.3) is 5.69 Å². The number of esters is 1. The van der Waals surface area contributed by atoms with E-state index >= 15 is 0 Å². The van der Waals surface area contributed by atoms with E-state index in [4.69, 9.17) is 4.74 Å². The van der Waals surface area contributed by atoms with Gasteiger partial charge in [0, 0.05) is 11.5 Å². The van der Waals surface area contributed by atoms with Gasteiger partial charge in [-0.25, -0.2) is 9.48 Å². The lowest BCUT2D eigenvalue weighted by Gasteiger charge is -1.97. The molecule has 5 heteroatoms. The summed E-state index contributed by atoms with van der Waals surface area (Å²) in [6.07, 6.45) is 1.72. The van der Waals surface area contributed by atoms with Crippen LogP contribution in [0.4, 0.5) is 0 Å². The van der Waals surface area contributed by atoms with Gasteiger partial charge in [-0.2, -0.15) is 0 Å². The summed E-state index contributed by atoms with van der Waals surface area (Å²) in [5.41, 5.74) is 2.21. The highest BCUT2D eigenvalue weighted by Gasteiger charge is 2.05. The van der Waals surface area contributed by atoms with Crippen molar-refractivity contribution in [2.24, 2.45) is 0 Å². The third kappa shape index (κ3) is 4.05. The molecule has 5 nitrogen and oxygen atoms in total. The lowest BCUT2D eigenvalue weighted by molar-refractivity contribution is -0.138. The molecule has 0 saturated heterocycles. The Bertz CT molecular complexity index is 846.